The third-order valence-electron chi connectivity index (χ3n) is 4.97. The van der Waals surface area contributed by atoms with Crippen LogP contribution in [-0.2, 0) is 21.4 Å². The molecule has 1 unspecified atom stereocenters. The van der Waals surface area contributed by atoms with Crippen molar-refractivity contribution in [1.82, 2.24) is 9.62 Å². The minimum Gasteiger partial charge on any atom is -0.497 e. The molecule has 6 nitrogen and oxygen atoms in total. The Hall–Kier alpha value is -2.87. The highest BCUT2D eigenvalue weighted by Gasteiger charge is 2.27. The molecule has 1 atom stereocenters. The molecule has 0 radical (unpaired) electrons. The summed E-state index contributed by atoms with van der Waals surface area (Å²) in [5.41, 5.74) is 1.65. The summed E-state index contributed by atoms with van der Waals surface area (Å²) in [6.45, 7) is 1.58. The molecule has 1 N–H and O–H groups in total. The van der Waals surface area contributed by atoms with Crippen molar-refractivity contribution in [3.63, 3.8) is 0 Å². The molecule has 8 heteroatoms. The molecule has 0 spiro atoms. The van der Waals surface area contributed by atoms with Gasteiger partial charge < -0.3 is 10.1 Å². The molecule has 0 aliphatic heterocycles. The van der Waals surface area contributed by atoms with Crippen LogP contribution in [0.5, 0.6) is 5.75 Å². The van der Waals surface area contributed by atoms with Gasteiger partial charge in [0.25, 0.3) is 0 Å². The van der Waals surface area contributed by atoms with Crippen LogP contribution in [0.15, 0.2) is 83.8 Å². The minimum atomic E-state index is -3.93. The van der Waals surface area contributed by atoms with Crippen molar-refractivity contribution < 1.29 is 17.9 Å². The predicted molar refractivity (Wildman–Crippen MR) is 125 cm³/mol. The molecule has 0 aromatic heterocycles. The fourth-order valence-corrected chi connectivity index (χ4v) is 4.70. The number of hydrogen-bond acceptors (Lipinski definition) is 4. The second-order valence-electron chi connectivity index (χ2n) is 7.27. The lowest BCUT2D eigenvalue weighted by Gasteiger charge is -2.23. The number of nitrogens with one attached hydrogen (secondary N) is 1. The number of halogens is 1. The van der Waals surface area contributed by atoms with Crippen LogP contribution in [0.1, 0.15) is 24.1 Å². The summed E-state index contributed by atoms with van der Waals surface area (Å²) in [5, 5.41) is 3.47. The summed E-state index contributed by atoms with van der Waals surface area (Å²) < 4.78 is 33.0. The average molecular weight is 473 g/mol. The fraction of sp³-hybridized carbons (Fsp3) is 0.208. The summed E-state index contributed by atoms with van der Waals surface area (Å²) in [4.78, 5) is 12.9. The molecule has 0 heterocycles. The Balaban J connectivity index is 1.81. The van der Waals surface area contributed by atoms with Gasteiger partial charge in [-0.15, -0.1) is 0 Å². The topological polar surface area (TPSA) is 75.7 Å². The number of carbonyl (C=O) groups is 1. The average Bonchev–Trinajstić information content (AvgIpc) is 2.79. The Bertz CT molecular complexity index is 1130. The molecule has 0 fully saturated rings. The third-order valence-corrected chi connectivity index (χ3v) is 7.02. The maximum Gasteiger partial charge on any atom is 0.243 e. The second-order valence-corrected chi connectivity index (χ2v) is 9.65. The van der Waals surface area contributed by atoms with Crippen molar-refractivity contribution in [1.29, 1.82) is 0 Å². The lowest BCUT2D eigenvalue weighted by atomic mass is 10.1. The molecule has 1 amide bonds. The van der Waals surface area contributed by atoms with Gasteiger partial charge in [0.15, 0.2) is 0 Å². The number of ether oxygens (including phenoxy) is 1. The van der Waals surface area contributed by atoms with Crippen LogP contribution in [0.3, 0.4) is 0 Å². The molecular formula is C24H25ClN2O4S. The SMILES string of the molecule is COc1ccc(S(=O)(=O)N(CC(=O)NC(C)c2ccc(Cl)cc2)Cc2ccccc2)cc1. The first kappa shape index (κ1) is 23.8. The fourth-order valence-electron chi connectivity index (χ4n) is 3.19. The number of benzene rings is 3. The summed E-state index contributed by atoms with van der Waals surface area (Å²) in [6, 6.07) is 22.1. The van der Waals surface area contributed by atoms with E-state index in [0.29, 0.717) is 10.8 Å². The van der Waals surface area contributed by atoms with Crippen LogP contribution in [0, 0.1) is 0 Å². The molecule has 32 heavy (non-hydrogen) atoms. The zero-order valence-corrected chi connectivity index (χ0v) is 19.4. The predicted octanol–water partition coefficient (Wildman–Crippen LogP) is 4.42. The molecule has 3 rings (SSSR count). The molecule has 0 saturated heterocycles. The van der Waals surface area contributed by atoms with E-state index in [1.807, 2.05) is 49.4 Å². The van der Waals surface area contributed by atoms with Gasteiger partial charge in [-0.05, 0) is 54.4 Å². The van der Waals surface area contributed by atoms with Crippen LogP contribution in [0.25, 0.3) is 0 Å². The third kappa shape index (κ3) is 6.09. The van der Waals surface area contributed by atoms with Crippen LogP contribution in [0.4, 0.5) is 0 Å². The normalized spacial score (nSPS) is 12.4. The number of nitrogens with zero attached hydrogens (tertiary/aromatic N) is 1. The van der Waals surface area contributed by atoms with Crippen LogP contribution < -0.4 is 10.1 Å². The minimum absolute atomic E-state index is 0.0674. The van der Waals surface area contributed by atoms with E-state index in [1.165, 1.54) is 23.5 Å². The van der Waals surface area contributed by atoms with Gasteiger partial charge in [-0.2, -0.15) is 4.31 Å². The maximum atomic E-state index is 13.4. The van der Waals surface area contributed by atoms with Gasteiger partial charge in [-0.25, -0.2) is 8.42 Å². The number of rotatable bonds is 9. The Kier molecular flexibility index (Phi) is 7.90. The van der Waals surface area contributed by atoms with Gasteiger partial charge in [-0.1, -0.05) is 54.1 Å². The number of sulfonamides is 1. The van der Waals surface area contributed by atoms with Crippen molar-refractivity contribution >= 4 is 27.5 Å². The smallest absolute Gasteiger partial charge is 0.243 e. The number of amides is 1. The van der Waals surface area contributed by atoms with E-state index in [1.54, 1.807) is 24.3 Å². The van der Waals surface area contributed by atoms with Crippen LogP contribution >= 0.6 is 11.6 Å². The van der Waals surface area contributed by atoms with Gasteiger partial charge in [0, 0.05) is 11.6 Å². The quantitative estimate of drug-likeness (QED) is 0.500. The van der Waals surface area contributed by atoms with E-state index in [9.17, 15) is 13.2 Å². The van der Waals surface area contributed by atoms with Crippen molar-refractivity contribution in [3.8, 4) is 5.75 Å². The first-order chi connectivity index (χ1) is 15.3. The van der Waals surface area contributed by atoms with Crippen molar-refractivity contribution in [2.45, 2.75) is 24.4 Å². The van der Waals surface area contributed by atoms with Gasteiger partial charge in [0.1, 0.15) is 5.75 Å². The molecule has 0 saturated carbocycles. The molecule has 3 aromatic rings. The number of carbonyl (C=O) groups excluding carboxylic acids is 1. The first-order valence-electron chi connectivity index (χ1n) is 10.0. The lowest BCUT2D eigenvalue weighted by molar-refractivity contribution is -0.122. The second kappa shape index (κ2) is 10.6. The molecular weight excluding hydrogens is 448 g/mol. The van der Waals surface area contributed by atoms with Crippen LogP contribution in [0.2, 0.25) is 5.02 Å². The Morgan fingerprint density at radius 3 is 2.22 bits per heavy atom. The Morgan fingerprint density at radius 2 is 1.62 bits per heavy atom. The van der Waals surface area contributed by atoms with E-state index < -0.39 is 15.9 Å². The summed E-state index contributed by atoms with van der Waals surface area (Å²) in [5.74, 6) is 0.147. The van der Waals surface area contributed by atoms with Crippen molar-refractivity contribution in [2.24, 2.45) is 0 Å². The molecule has 0 aliphatic rings. The monoisotopic (exact) mass is 472 g/mol. The summed E-state index contributed by atoms with van der Waals surface area (Å²) in [7, 11) is -2.41. The molecule has 3 aromatic carbocycles. The highest BCUT2D eigenvalue weighted by molar-refractivity contribution is 7.89. The maximum absolute atomic E-state index is 13.4. The Morgan fingerprint density at radius 1 is 1.00 bits per heavy atom. The Labute approximate surface area is 193 Å². The number of hydrogen-bond donors (Lipinski definition) is 1. The van der Waals surface area contributed by atoms with Crippen LogP contribution in [-0.4, -0.2) is 32.3 Å². The van der Waals surface area contributed by atoms with Crippen molar-refractivity contribution in [3.05, 3.63) is 95.0 Å². The number of methoxy groups -OCH3 is 1. The summed E-state index contributed by atoms with van der Waals surface area (Å²) in [6.07, 6.45) is 0. The van der Waals surface area contributed by atoms with E-state index >= 15 is 0 Å². The van der Waals surface area contributed by atoms with Gasteiger partial charge in [-0.3, -0.25) is 4.79 Å². The zero-order valence-electron chi connectivity index (χ0n) is 17.9. The summed E-state index contributed by atoms with van der Waals surface area (Å²) >= 11 is 5.93. The highest BCUT2D eigenvalue weighted by atomic mass is 35.5. The van der Waals surface area contributed by atoms with Crippen molar-refractivity contribution in [2.75, 3.05) is 13.7 Å². The van der Waals surface area contributed by atoms with E-state index in [0.717, 1.165) is 11.1 Å². The largest absolute Gasteiger partial charge is 0.497 e. The molecule has 0 aliphatic carbocycles. The molecule has 168 valence electrons. The van der Waals surface area contributed by atoms with E-state index in [2.05, 4.69) is 5.32 Å². The van der Waals surface area contributed by atoms with E-state index in [4.69, 9.17) is 16.3 Å². The highest BCUT2D eigenvalue weighted by Crippen LogP contribution is 2.22. The zero-order chi connectivity index (χ0) is 23.1. The van der Waals surface area contributed by atoms with E-state index in [-0.39, 0.29) is 24.0 Å². The lowest BCUT2D eigenvalue weighted by Crippen LogP contribution is -2.41. The molecule has 0 bridgehead atoms. The van der Waals surface area contributed by atoms with Gasteiger partial charge in [0.05, 0.1) is 24.6 Å². The van der Waals surface area contributed by atoms with Gasteiger partial charge >= 0.3 is 0 Å². The first-order valence-corrected chi connectivity index (χ1v) is 11.8. The van der Waals surface area contributed by atoms with Gasteiger partial charge in [0.2, 0.25) is 15.9 Å². The standard InChI is InChI=1S/C24H25ClN2O4S/c1-18(20-8-10-21(25)11-9-20)26-24(28)17-27(16-19-6-4-3-5-7-19)32(29,30)23-14-12-22(31-2)13-15-23/h3-15,18H,16-17H2,1-2H3,(H,26,28).